The lowest BCUT2D eigenvalue weighted by Gasteiger charge is -2.10. The van der Waals surface area contributed by atoms with Crippen LogP contribution in [-0.2, 0) is 4.79 Å². The second-order valence-corrected chi connectivity index (χ2v) is 7.10. The van der Waals surface area contributed by atoms with E-state index in [1.165, 1.54) is 11.8 Å². The van der Waals surface area contributed by atoms with Gasteiger partial charge >= 0.3 is 6.03 Å². The van der Waals surface area contributed by atoms with Gasteiger partial charge in [-0.1, -0.05) is 35.2 Å². The Morgan fingerprint density at radius 2 is 2.13 bits per heavy atom. The summed E-state index contributed by atoms with van der Waals surface area (Å²) in [5, 5.41) is 13.3. The molecule has 0 aliphatic heterocycles. The number of benzene rings is 1. The molecule has 0 spiro atoms. The number of rotatable bonds is 4. The fraction of sp³-hybridized carbons (Fsp3) is 0.286. The minimum atomic E-state index is -0.489. The van der Waals surface area contributed by atoms with Crippen molar-refractivity contribution in [3.05, 3.63) is 24.3 Å². The quantitative estimate of drug-likeness (QED) is 0.706. The molecule has 3 aromatic rings. The average molecular weight is 349 g/mol. The average Bonchev–Trinajstić information content (AvgIpc) is 3.07. The number of hydrogen-bond donors (Lipinski definition) is 2. The lowest BCUT2D eigenvalue weighted by molar-refractivity contribution is -0.119. The highest BCUT2D eigenvalue weighted by Gasteiger charge is 2.21. The fourth-order valence-corrected chi connectivity index (χ4v) is 3.94. The first-order chi connectivity index (χ1) is 11.1. The molecule has 0 unspecified atom stereocenters. The molecule has 0 fully saturated rings. The van der Waals surface area contributed by atoms with Gasteiger partial charge in [0, 0.05) is 6.54 Å². The van der Waals surface area contributed by atoms with E-state index in [0.717, 1.165) is 15.2 Å². The lowest BCUT2D eigenvalue weighted by atomic mass is 10.3. The van der Waals surface area contributed by atoms with E-state index in [9.17, 15) is 9.59 Å². The number of hydrogen-bond acceptors (Lipinski definition) is 6. The highest BCUT2D eigenvalue weighted by Crippen LogP contribution is 2.30. The first-order valence-corrected chi connectivity index (χ1v) is 8.77. The summed E-state index contributed by atoms with van der Waals surface area (Å²) in [4.78, 5) is 24.2. The van der Waals surface area contributed by atoms with E-state index < -0.39 is 11.3 Å². The molecule has 0 bridgehead atoms. The molecule has 3 rings (SSSR count). The van der Waals surface area contributed by atoms with Crippen LogP contribution in [0.15, 0.2) is 29.4 Å². The standard InChI is InChI=1S/C14H15N5O2S2/c1-3-15-12(21)16-11(20)8(2)22-13-17-18-14-19(13)9-6-4-5-7-10(9)23-14/h4-8H,3H2,1-2H3,(H2,15,16,20,21)/t8-/m0/s1. The molecule has 9 heteroatoms. The molecule has 23 heavy (non-hydrogen) atoms. The van der Waals surface area contributed by atoms with Crippen LogP contribution in [0.5, 0.6) is 0 Å². The van der Waals surface area contributed by atoms with Crippen LogP contribution < -0.4 is 10.6 Å². The Morgan fingerprint density at radius 3 is 2.91 bits per heavy atom. The van der Waals surface area contributed by atoms with Crippen LogP contribution in [0.3, 0.4) is 0 Å². The summed E-state index contributed by atoms with van der Waals surface area (Å²) in [5.74, 6) is -0.364. The third kappa shape index (κ3) is 3.15. The molecule has 0 aliphatic rings. The maximum atomic E-state index is 12.0. The first kappa shape index (κ1) is 15.8. The highest BCUT2D eigenvalue weighted by atomic mass is 32.2. The summed E-state index contributed by atoms with van der Waals surface area (Å²) in [6.45, 7) is 3.98. The monoisotopic (exact) mass is 349 g/mol. The second-order valence-electron chi connectivity index (χ2n) is 4.78. The minimum Gasteiger partial charge on any atom is -0.338 e. The van der Waals surface area contributed by atoms with Gasteiger partial charge in [-0.15, -0.1) is 10.2 Å². The van der Waals surface area contributed by atoms with Gasteiger partial charge in [0.1, 0.15) is 0 Å². The Hall–Kier alpha value is -2.13. The van der Waals surface area contributed by atoms with Crippen molar-refractivity contribution in [2.75, 3.05) is 6.54 Å². The number of para-hydroxylation sites is 1. The SMILES string of the molecule is CCNC(=O)NC(=O)[C@H](C)Sc1nnc2sc3ccccc3n12. The van der Waals surface area contributed by atoms with Crippen molar-refractivity contribution >= 4 is 50.2 Å². The van der Waals surface area contributed by atoms with Gasteiger partial charge in [-0.2, -0.15) is 0 Å². The van der Waals surface area contributed by atoms with Crippen molar-refractivity contribution < 1.29 is 9.59 Å². The van der Waals surface area contributed by atoms with Gasteiger partial charge < -0.3 is 5.32 Å². The van der Waals surface area contributed by atoms with Crippen molar-refractivity contribution in [1.82, 2.24) is 25.2 Å². The van der Waals surface area contributed by atoms with E-state index >= 15 is 0 Å². The molecule has 1 atom stereocenters. The minimum absolute atomic E-state index is 0.364. The predicted octanol–water partition coefficient (Wildman–Crippen LogP) is 2.27. The summed E-state index contributed by atoms with van der Waals surface area (Å²) < 4.78 is 3.04. The van der Waals surface area contributed by atoms with Crippen LogP contribution in [-0.4, -0.2) is 38.3 Å². The summed E-state index contributed by atoms with van der Waals surface area (Å²) in [6, 6.07) is 7.45. The van der Waals surface area contributed by atoms with Crippen LogP contribution in [0.25, 0.3) is 15.2 Å². The van der Waals surface area contributed by atoms with E-state index in [1.807, 2.05) is 28.7 Å². The molecule has 120 valence electrons. The molecule has 3 amide bonds. The van der Waals surface area contributed by atoms with Crippen molar-refractivity contribution in [2.45, 2.75) is 24.3 Å². The van der Waals surface area contributed by atoms with E-state index in [2.05, 4.69) is 20.8 Å². The van der Waals surface area contributed by atoms with Crippen LogP contribution in [0.4, 0.5) is 4.79 Å². The molecule has 7 nitrogen and oxygen atoms in total. The largest absolute Gasteiger partial charge is 0.338 e. The zero-order valence-corrected chi connectivity index (χ0v) is 14.2. The molecule has 2 heterocycles. The Kier molecular flexibility index (Phi) is 4.49. The number of nitrogens with zero attached hydrogens (tertiary/aromatic N) is 3. The molecule has 2 N–H and O–H groups in total. The fourth-order valence-electron chi connectivity index (χ4n) is 2.06. The number of thiazole rings is 1. The Bertz CT molecular complexity index is 872. The molecular formula is C14H15N5O2S2. The van der Waals surface area contributed by atoms with Crippen LogP contribution >= 0.6 is 23.1 Å². The van der Waals surface area contributed by atoms with Crippen molar-refractivity contribution in [1.29, 1.82) is 0 Å². The smallest absolute Gasteiger partial charge is 0.321 e. The maximum Gasteiger partial charge on any atom is 0.321 e. The number of amides is 3. The number of thioether (sulfide) groups is 1. The van der Waals surface area contributed by atoms with Gasteiger partial charge in [-0.3, -0.25) is 14.5 Å². The summed E-state index contributed by atoms with van der Waals surface area (Å²) in [6.07, 6.45) is 0. The van der Waals surface area contributed by atoms with Crippen molar-refractivity contribution in [2.24, 2.45) is 0 Å². The Labute approximate surface area is 140 Å². The van der Waals surface area contributed by atoms with E-state index in [4.69, 9.17) is 0 Å². The van der Waals surface area contributed by atoms with Crippen LogP contribution in [0.1, 0.15) is 13.8 Å². The number of carbonyl (C=O) groups excluding carboxylic acids is 2. The number of nitrogens with one attached hydrogen (secondary N) is 2. The number of imide groups is 1. The zero-order valence-electron chi connectivity index (χ0n) is 12.6. The molecule has 1 aromatic carbocycles. The molecule has 0 saturated heterocycles. The van der Waals surface area contributed by atoms with E-state index in [0.29, 0.717) is 11.7 Å². The second kappa shape index (κ2) is 6.55. The third-order valence-electron chi connectivity index (χ3n) is 3.14. The summed E-state index contributed by atoms with van der Waals surface area (Å²) >= 11 is 2.82. The van der Waals surface area contributed by atoms with Gasteiger partial charge in [0.2, 0.25) is 10.9 Å². The van der Waals surface area contributed by atoms with E-state index in [-0.39, 0.29) is 5.91 Å². The van der Waals surface area contributed by atoms with Gasteiger partial charge in [-0.05, 0) is 26.0 Å². The van der Waals surface area contributed by atoms with Crippen LogP contribution in [0.2, 0.25) is 0 Å². The number of carbonyl (C=O) groups is 2. The third-order valence-corrected chi connectivity index (χ3v) is 5.19. The molecule has 0 saturated carbocycles. The van der Waals surface area contributed by atoms with Crippen LogP contribution in [0, 0.1) is 0 Å². The van der Waals surface area contributed by atoms with E-state index in [1.54, 1.807) is 25.2 Å². The number of fused-ring (bicyclic) bond motifs is 3. The molecular weight excluding hydrogens is 334 g/mol. The molecule has 2 aromatic heterocycles. The maximum absolute atomic E-state index is 12.0. The molecule has 0 aliphatic carbocycles. The topological polar surface area (TPSA) is 88.4 Å². The normalized spacial score (nSPS) is 12.4. The van der Waals surface area contributed by atoms with Gasteiger partial charge in [0.25, 0.3) is 0 Å². The Morgan fingerprint density at radius 1 is 1.35 bits per heavy atom. The van der Waals surface area contributed by atoms with Crippen molar-refractivity contribution in [3.63, 3.8) is 0 Å². The Balaban J connectivity index is 1.81. The summed E-state index contributed by atoms with van der Waals surface area (Å²) in [7, 11) is 0. The predicted molar refractivity (Wildman–Crippen MR) is 90.9 cm³/mol. The van der Waals surface area contributed by atoms with Gasteiger partial charge in [0.05, 0.1) is 15.5 Å². The molecule has 0 radical (unpaired) electrons. The van der Waals surface area contributed by atoms with Gasteiger partial charge in [0.15, 0.2) is 5.16 Å². The summed E-state index contributed by atoms with van der Waals surface area (Å²) in [5.41, 5.74) is 1.01. The highest BCUT2D eigenvalue weighted by molar-refractivity contribution is 8.00. The number of aromatic nitrogens is 3. The first-order valence-electron chi connectivity index (χ1n) is 7.08. The lowest BCUT2D eigenvalue weighted by Crippen LogP contribution is -2.42. The zero-order chi connectivity index (χ0) is 16.4. The number of urea groups is 1. The van der Waals surface area contributed by atoms with Crippen molar-refractivity contribution in [3.8, 4) is 0 Å². The van der Waals surface area contributed by atoms with Gasteiger partial charge in [-0.25, -0.2) is 4.79 Å².